The summed E-state index contributed by atoms with van der Waals surface area (Å²) in [6.45, 7) is -0.147. The molecule has 33 heavy (non-hydrogen) atoms. The minimum atomic E-state index is -0.491. The van der Waals surface area contributed by atoms with Gasteiger partial charge >= 0.3 is 5.97 Å². The Labute approximate surface area is 201 Å². The zero-order valence-electron chi connectivity index (χ0n) is 17.1. The predicted octanol–water partition coefficient (Wildman–Crippen LogP) is 5.84. The number of benzene rings is 3. The zero-order chi connectivity index (χ0) is 22.8. The van der Waals surface area contributed by atoms with Crippen molar-refractivity contribution in [3.63, 3.8) is 0 Å². The van der Waals surface area contributed by atoms with Crippen molar-refractivity contribution < 1.29 is 9.53 Å². The quantitative estimate of drug-likeness (QED) is 0.236. The van der Waals surface area contributed by atoms with Gasteiger partial charge in [-0.3, -0.25) is 4.79 Å². The molecule has 0 spiro atoms. The number of para-hydroxylation sites is 1. The van der Waals surface area contributed by atoms with Crippen LogP contribution in [0.25, 0.3) is 21.1 Å². The summed E-state index contributed by atoms with van der Waals surface area (Å²) in [6, 6.07) is 20.2. The van der Waals surface area contributed by atoms with Crippen LogP contribution in [0, 0.1) is 0 Å². The highest BCUT2D eigenvalue weighted by atomic mass is 35.5. The minimum Gasteiger partial charge on any atom is -0.454 e. The van der Waals surface area contributed by atoms with E-state index < -0.39 is 5.97 Å². The van der Waals surface area contributed by atoms with Crippen LogP contribution in [0.1, 0.15) is 21.7 Å². The van der Waals surface area contributed by atoms with E-state index in [0.29, 0.717) is 21.5 Å². The van der Waals surface area contributed by atoms with Gasteiger partial charge < -0.3 is 9.72 Å². The van der Waals surface area contributed by atoms with Crippen molar-refractivity contribution in [2.24, 2.45) is 0 Å². The standard InChI is InChI=1S/C24H16ClN3O3S2/c25-16-9-10-17-19(11-16)26-21(28-22(17)29)12-31-23(30)15-7-5-14(6-8-15)13-32-24-27-18-3-1-2-4-20(18)33-24/h1-11H,12-13H2,(H,26,28,29). The molecule has 0 fully saturated rings. The molecular formula is C24H16ClN3O3S2. The average Bonchev–Trinajstić information content (AvgIpc) is 3.24. The molecule has 0 radical (unpaired) electrons. The zero-order valence-corrected chi connectivity index (χ0v) is 19.5. The van der Waals surface area contributed by atoms with Gasteiger partial charge in [0.2, 0.25) is 0 Å². The Morgan fingerprint density at radius 1 is 1.03 bits per heavy atom. The highest BCUT2D eigenvalue weighted by Gasteiger charge is 2.11. The summed E-state index contributed by atoms with van der Waals surface area (Å²) in [5.74, 6) is 0.515. The van der Waals surface area contributed by atoms with Gasteiger partial charge in [-0.25, -0.2) is 14.8 Å². The second-order valence-electron chi connectivity index (χ2n) is 7.18. The van der Waals surface area contributed by atoms with Crippen LogP contribution in [0.2, 0.25) is 5.02 Å². The molecule has 6 nitrogen and oxygen atoms in total. The Morgan fingerprint density at radius 3 is 2.67 bits per heavy atom. The van der Waals surface area contributed by atoms with Crippen molar-refractivity contribution in [2.75, 3.05) is 0 Å². The number of thioether (sulfide) groups is 1. The van der Waals surface area contributed by atoms with E-state index in [2.05, 4.69) is 21.0 Å². The van der Waals surface area contributed by atoms with Crippen LogP contribution in [0.3, 0.4) is 0 Å². The van der Waals surface area contributed by atoms with Crippen LogP contribution in [0.15, 0.2) is 75.9 Å². The number of aromatic amines is 1. The monoisotopic (exact) mass is 493 g/mol. The molecule has 0 unspecified atom stereocenters. The first-order valence-electron chi connectivity index (χ1n) is 9.98. The average molecular weight is 494 g/mol. The van der Waals surface area contributed by atoms with Gasteiger partial charge in [0.1, 0.15) is 12.4 Å². The Morgan fingerprint density at radius 2 is 1.85 bits per heavy atom. The Kier molecular flexibility index (Phi) is 6.13. The molecule has 0 bridgehead atoms. The van der Waals surface area contributed by atoms with Crippen LogP contribution in [0.4, 0.5) is 0 Å². The second kappa shape index (κ2) is 9.35. The molecular weight excluding hydrogens is 478 g/mol. The van der Waals surface area contributed by atoms with E-state index in [4.69, 9.17) is 16.3 Å². The van der Waals surface area contributed by atoms with Crippen molar-refractivity contribution in [3.05, 3.63) is 99.1 Å². The lowest BCUT2D eigenvalue weighted by Gasteiger charge is -2.06. The van der Waals surface area contributed by atoms with E-state index in [1.807, 2.05) is 30.3 Å². The number of ether oxygens (including phenoxy) is 1. The van der Waals surface area contributed by atoms with Crippen LogP contribution in [-0.4, -0.2) is 20.9 Å². The number of nitrogens with zero attached hydrogens (tertiary/aromatic N) is 2. The molecule has 0 saturated carbocycles. The number of hydrogen-bond acceptors (Lipinski definition) is 7. The van der Waals surface area contributed by atoms with Crippen molar-refractivity contribution in [1.82, 2.24) is 15.0 Å². The molecule has 5 aromatic rings. The fraction of sp³-hybridized carbons (Fsp3) is 0.0833. The fourth-order valence-corrected chi connectivity index (χ4v) is 5.43. The number of hydrogen-bond donors (Lipinski definition) is 1. The van der Waals surface area contributed by atoms with Gasteiger partial charge in [-0.15, -0.1) is 11.3 Å². The minimum absolute atomic E-state index is 0.147. The SMILES string of the molecule is O=C(OCc1nc2cc(Cl)ccc2c(=O)[nH]1)c1ccc(CSc2nc3ccccc3s2)cc1. The number of halogens is 1. The molecule has 5 rings (SSSR count). The Hall–Kier alpha value is -3.20. The van der Waals surface area contributed by atoms with Crippen LogP contribution < -0.4 is 5.56 Å². The van der Waals surface area contributed by atoms with Gasteiger partial charge in [-0.2, -0.15) is 0 Å². The lowest BCUT2D eigenvalue weighted by molar-refractivity contribution is 0.0462. The van der Waals surface area contributed by atoms with E-state index in [1.165, 1.54) is 4.70 Å². The van der Waals surface area contributed by atoms with Gasteiger partial charge in [0, 0.05) is 10.8 Å². The molecule has 0 aliphatic rings. The maximum Gasteiger partial charge on any atom is 0.338 e. The van der Waals surface area contributed by atoms with Crippen LogP contribution in [-0.2, 0) is 17.1 Å². The lowest BCUT2D eigenvalue weighted by atomic mass is 10.1. The molecule has 0 saturated heterocycles. The summed E-state index contributed by atoms with van der Waals surface area (Å²) >= 11 is 9.31. The highest BCUT2D eigenvalue weighted by Crippen LogP contribution is 2.31. The predicted molar refractivity (Wildman–Crippen MR) is 132 cm³/mol. The summed E-state index contributed by atoms with van der Waals surface area (Å²) < 4.78 is 7.51. The molecule has 0 amide bonds. The van der Waals surface area contributed by atoms with Gasteiger partial charge in [0.05, 0.1) is 26.7 Å². The molecule has 0 aliphatic carbocycles. The Balaban J connectivity index is 1.20. The first-order chi connectivity index (χ1) is 16.0. The molecule has 9 heteroatoms. The fourth-order valence-electron chi connectivity index (χ4n) is 3.24. The van der Waals surface area contributed by atoms with Crippen LogP contribution >= 0.6 is 34.7 Å². The largest absolute Gasteiger partial charge is 0.454 e. The number of esters is 1. The Bertz CT molecular complexity index is 1500. The summed E-state index contributed by atoms with van der Waals surface area (Å²) in [5.41, 5.74) is 2.65. The number of carbonyl (C=O) groups excluding carboxylic acids is 1. The van der Waals surface area contributed by atoms with Crippen molar-refractivity contribution in [2.45, 2.75) is 16.7 Å². The molecule has 164 valence electrons. The normalized spacial score (nSPS) is 11.2. The van der Waals surface area contributed by atoms with E-state index in [9.17, 15) is 9.59 Å². The summed E-state index contributed by atoms with van der Waals surface area (Å²) in [7, 11) is 0. The van der Waals surface area contributed by atoms with E-state index >= 15 is 0 Å². The molecule has 2 aromatic heterocycles. The highest BCUT2D eigenvalue weighted by molar-refractivity contribution is 8.00. The summed E-state index contributed by atoms with van der Waals surface area (Å²) in [4.78, 5) is 36.2. The smallest absolute Gasteiger partial charge is 0.338 e. The molecule has 3 aromatic carbocycles. The lowest BCUT2D eigenvalue weighted by Crippen LogP contribution is -2.14. The number of fused-ring (bicyclic) bond motifs is 2. The van der Waals surface area contributed by atoms with Crippen molar-refractivity contribution in [3.8, 4) is 0 Å². The van der Waals surface area contributed by atoms with Gasteiger partial charge in [0.25, 0.3) is 5.56 Å². The third-order valence-corrected chi connectivity index (χ3v) is 7.37. The maximum atomic E-state index is 12.4. The van der Waals surface area contributed by atoms with Crippen molar-refractivity contribution >= 4 is 61.8 Å². The number of nitrogens with one attached hydrogen (secondary N) is 1. The molecule has 2 heterocycles. The van der Waals surface area contributed by atoms with Crippen molar-refractivity contribution in [1.29, 1.82) is 0 Å². The number of thiazole rings is 1. The summed E-state index contributed by atoms with van der Waals surface area (Å²) in [5, 5.41) is 0.902. The third kappa shape index (κ3) is 4.93. The van der Waals surface area contributed by atoms with Gasteiger partial charge in [0.15, 0.2) is 4.34 Å². The number of aromatic nitrogens is 3. The molecule has 1 N–H and O–H groups in total. The van der Waals surface area contributed by atoms with E-state index in [0.717, 1.165) is 21.2 Å². The molecule has 0 aliphatic heterocycles. The topological polar surface area (TPSA) is 84.9 Å². The number of rotatable bonds is 6. The number of carbonyl (C=O) groups is 1. The maximum absolute atomic E-state index is 12.4. The van der Waals surface area contributed by atoms with Gasteiger partial charge in [-0.1, -0.05) is 47.6 Å². The van der Waals surface area contributed by atoms with E-state index in [-0.39, 0.29) is 18.0 Å². The summed E-state index contributed by atoms with van der Waals surface area (Å²) in [6.07, 6.45) is 0. The van der Waals surface area contributed by atoms with E-state index in [1.54, 1.807) is 53.4 Å². The number of H-pyrrole nitrogens is 1. The van der Waals surface area contributed by atoms with Gasteiger partial charge in [-0.05, 0) is 48.0 Å². The first-order valence-corrected chi connectivity index (χ1v) is 12.2. The van der Waals surface area contributed by atoms with Crippen LogP contribution in [0.5, 0.6) is 0 Å². The molecule has 0 atom stereocenters. The first kappa shape index (κ1) is 21.6. The second-order valence-corrected chi connectivity index (χ2v) is 9.87. The third-order valence-electron chi connectivity index (χ3n) is 4.88.